The van der Waals surface area contributed by atoms with Gasteiger partial charge in [0, 0.05) is 5.56 Å². The fourth-order valence-corrected chi connectivity index (χ4v) is 2.50. The van der Waals surface area contributed by atoms with E-state index in [9.17, 15) is 4.79 Å². The van der Waals surface area contributed by atoms with Gasteiger partial charge in [0.15, 0.2) is 0 Å². The second-order valence-corrected chi connectivity index (χ2v) is 4.48. The zero-order chi connectivity index (χ0) is 10.5. The maximum atomic E-state index is 10.7. The SMILES string of the molecule is O=Cc1cccc(C2CCCCCC2)c1. The quantitative estimate of drug-likeness (QED) is 0.524. The Balaban J connectivity index is 2.15. The molecule has 1 saturated carbocycles. The highest BCUT2D eigenvalue weighted by atomic mass is 16.1. The van der Waals surface area contributed by atoms with E-state index in [0.29, 0.717) is 5.92 Å². The lowest BCUT2D eigenvalue weighted by Crippen LogP contribution is -1.97. The van der Waals surface area contributed by atoms with Gasteiger partial charge in [0.05, 0.1) is 0 Å². The van der Waals surface area contributed by atoms with Crippen LogP contribution < -0.4 is 0 Å². The summed E-state index contributed by atoms with van der Waals surface area (Å²) in [6.45, 7) is 0. The number of benzene rings is 1. The molecule has 15 heavy (non-hydrogen) atoms. The van der Waals surface area contributed by atoms with Gasteiger partial charge in [-0.2, -0.15) is 0 Å². The zero-order valence-electron chi connectivity index (χ0n) is 9.11. The molecule has 0 radical (unpaired) electrons. The number of rotatable bonds is 2. The van der Waals surface area contributed by atoms with Crippen molar-refractivity contribution < 1.29 is 4.79 Å². The van der Waals surface area contributed by atoms with Gasteiger partial charge in [-0.3, -0.25) is 4.79 Å². The fourth-order valence-electron chi connectivity index (χ4n) is 2.50. The Morgan fingerprint density at radius 2 is 1.80 bits per heavy atom. The van der Waals surface area contributed by atoms with Gasteiger partial charge in [0.25, 0.3) is 0 Å². The van der Waals surface area contributed by atoms with Crippen molar-refractivity contribution in [2.75, 3.05) is 0 Å². The van der Waals surface area contributed by atoms with E-state index >= 15 is 0 Å². The van der Waals surface area contributed by atoms with E-state index in [1.165, 1.54) is 44.1 Å². The summed E-state index contributed by atoms with van der Waals surface area (Å²) in [6, 6.07) is 8.11. The Hall–Kier alpha value is -1.11. The van der Waals surface area contributed by atoms with E-state index < -0.39 is 0 Å². The minimum Gasteiger partial charge on any atom is -0.298 e. The molecule has 0 aromatic heterocycles. The Labute approximate surface area is 91.5 Å². The van der Waals surface area contributed by atoms with Crippen molar-refractivity contribution in [1.29, 1.82) is 0 Å². The van der Waals surface area contributed by atoms with Gasteiger partial charge < -0.3 is 0 Å². The molecule has 80 valence electrons. The molecule has 0 amide bonds. The average molecular weight is 202 g/mol. The van der Waals surface area contributed by atoms with Crippen LogP contribution in [-0.2, 0) is 0 Å². The van der Waals surface area contributed by atoms with Crippen LogP contribution in [0.5, 0.6) is 0 Å². The highest BCUT2D eigenvalue weighted by molar-refractivity contribution is 5.75. The van der Waals surface area contributed by atoms with Crippen molar-refractivity contribution in [3.05, 3.63) is 35.4 Å². The van der Waals surface area contributed by atoms with Crippen molar-refractivity contribution in [3.8, 4) is 0 Å². The molecule has 1 aromatic carbocycles. The van der Waals surface area contributed by atoms with Gasteiger partial charge in [-0.1, -0.05) is 43.9 Å². The smallest absolute Gasteiger partial charge is 0.150 e. The van der Waals surface area contributed by atoms with Crippen LogP contribution in [0.3, 0.4) is 0 Å². The first kappa shape index (κ1) is 10.4. The maximum absolute atomic E-state index is 10.7. The molecular formula is C14H18O. The summed E-state index contributed by atoms with van der Waals surface area (Å²) in [7, 11) is 0. The molecule has 1 aromatic rings. The molecule has 0 aliphatic heterocycles. The first-order valence-corrected chi connectivity index (χ1v) is 5.95. The summed E-state index contributed by atoms with van der Waals surface area (Å²) >= 11 is 0. The van der Waals surface area contributed by atoms with Crippen LogP contribution >= 0.6 is 0 Å². The summed E-state index contributed by atoms with van der Waals surface area (Å²) < 4.78 is 0. The third-order valence-corrected chi connectivity index (χ3v) is 3.37. The summed E-state index contributed by atoms with van der Waals surface area (Å²) in [5, 5.41) is 0. The van der Waals surface area contributed by atoms with Crippen molar-refractivity contribution in [3.63, 3.8) is 0 Å². The number of carbonyl (C=O) groups excluding carboxylic acids is 1. The van der Waals surface area contributed by atoms with E-state index in [2.05, 4.69) is 12.1 Å². The Kier molecular flexibility index (Phi) is 3.54. The van der Waals surface area contributed by atoms with E-state index in [0.717, 1.165) is 11.8 Å². The topological polar surface area (TPSA) is 17.1 Å². The number of hydrogen-bond donors (Lipinski definition) is 0. The predicted molar refractivity (Wildman–Crippen MR) is 62.3 cm³/mol. The van der Waals surface area contributed by atoms with Crippen LogP contribution in [0.25, 0.3) is 0 Å². The van der Waals surface area contributed by atoms with Crippen molar-refractivity contribution in [2.24, 2.45) is 0 Å². The summed E-state index contributed by atoms with van der Waals surface area (Å²) in [5.74, 6) is 0.687. The maximum Gasteiger partial charge on any atom is 0.150 e. The number of carbonyl (C=O) groups is 1. The lowest BCUT2D eigenvalue weighted by atomic mass is 9.91. The normalized spacial score (nSPS) is 18.4. The van der Waals surface area contributed by atoms with E-state index in [1.807, 2.05) is 12.1 Å². The Morgan fingerprint density at radius 1 is 1.07 bits per heavy atom. The van der Waals surface area contributed by atoms with Gasteiger partial charge in [0.2, 0.25) is 0 Å². The molecule has 0 bridgehead atoms. The van der Waals surface area contributed by atoms with Gasteiger partial charge in [-0.05, 0) is 30.4 Å². The monoisotopic (exact) mass is 202 g/mol. The predicted octanol–water partition coefficient (Wildman–Crippen LogP) is 3.94. The summed E-state index contributed by atoms with van der Waals surface area (Å²) in [4.78, 5) is 10.7. The lowest BCUT2D eigenvalue weighted by Gasteiger charge is -2.14. The summed E-state index contributed by atoms with van der Waals surface area (Å²) in [6.07, 6.45) is 8.98. The van der Waals surface area contributed by atoms with Gasteiger partial charge >= 0.3 is 0 Å². The molecular weight excluding hydrogens is 184 g/mol. The van der Waals surface area contributed by atoms with Crippen LogP contribution in [0.2, 0.25) is 0 Å². The second kappa shape index (κ2) is 5.11. The van der Waals surface area contributed by atoms with Crippen LogP contribution in [-0.4, -0.2) is 6.29 Å². The molecule has 0 saturated heterocycles. The highest BCUT2D eigenvalue weighted by Gasteiger charge is 2.14. The van der Waals surface area contributed by atoms with E-state index in [1.54, 1.807) is 0 Å². The molecule has 0 spiro atoms. The Bertz CT molecular complexity index is 322. The van der Waals surface area contributed by atoms with Crippen molar-refractivity contribution in [2.45, 2.75) is 44.4 Å². The standard InChI is InChI=1S/C14H18O/c15-11-12-6-5-9-14(10-12)13-7-3-1-2-4-8-13/h5-6,9-11,13H,1-4,7-8H2. The second-order valence-electron chi connectivity index (χ2n) is 4.48. The molecule has 1 heteroatoms. The average Bonchev–Trinajstić information content (AvgIpc) is 2.58. The fraction of sp³-hybridized carbons (Fsp3) is 0.500. The minimum atomic E-state index is 0.687. The zero-order valence-corrected chi connectivity index (χ0v) is 9.11. The molecule has 1 aliphatic rings. The molecule has 2 rings (SSSR count). The highest BCUT2D eigenvalue weighted by Crippen LogP contribution is 2.31. The third kappa shape index (κ3) is 2.68. The summed E-state index contributed by atoms with van der Waals surface area (Å²) in [5.41, 5.74) is 2.18. The molecule has 0 heterocycles. The van der Waals surface area contributed by atoms with Crippen molar-refractivity contribution >= 4 is 6.29 Å². The van der Waals surface area contributed by atoms with Gasteiger partial charge in [-0.25, -0.2) is 0 Å². The Morgan fingerprint density at radius 3 is 2.47 bits per heavy atom. The van der Waals surface area contributed by atoms with Crippen molar-refractivity contribution in [1.82, 2.24) is 0 Å². The van der Waals surface area contributed by atoms with Crippen LogP contribution in [0, 0.1) is 0 Å². The molecule has 0 atom stereocenters. The number of aldehydes is 1. The van der Waals surface area contributed by atoms with Gasteiger partial charge in [-0.15, -0.1) is 0 Å². The van der Waals surface area contributed by atoms with Crippen LogP contribution in [0.1, 0.15) is 60.4 Å². The largest absolute Gasteiger partial charge is 0.298 e. The molecule has 0 unspecified atom stereocenters. The van der Waals surface area contributed by atoms with E-state index in [-0.39, 0.29) is 0 Å². The van der Waals surface area contributed by atoms with Crippen LogP contribution in [0.4, 0.5) is 0 Å². The van der Waals surface area contributed by atoms with E-state index in [4.69, 9.17) is 0 Å². The molecule has 0 N–H and O–H groups in total. The molecule has 1 aliphatic carbocycles. The minimum absolute atomic E-state index is 0.687. The molecule has 1 fully saturated rings. The first-order chi connectivity index (χ1) is 7.40. The third-order valence-electron chi connectivity index (χ3n) is 3.37. The number of hydrogen-bond acceptors (Lipinski definition) is 1. The first-order valence-electron chi connectivity index (χ1n) is 5.95. The lowest BCUT2D eigenvalue weighted by molar-refractivity contribution is 0.112. The van der Waals surface area contributed by atoms with Crippen LogP contribution in [0.15, 0.2) is 24.3 Å². The molecule has 1 nitrogen and oxygen atoms in total. The van der Waals surface area contributed by atoms with Gasteiger partial charge in [0.1, 0.15) is 6.29 Å².